The van der Waals surface area contributed by atoms with Gasteiger partial charge in [0, 0.05) is 11.1 Å². The molecule has 76 valence electrons. The Kier molecular flexibility index (Phi) is 4.34. The van der Waals surface area contributed by atoms with Crippen LogP contribution in [0.1, 0.15) is 4.88 Å². The first-order valence-electron chi connectivity index (χ1n) is 3.73. The number of amides is 3. The maximum atomic E-state index is 11.0. The van der Waals surface area contributed by atoms with Crippen molar-refractivity contribution in [1.82, 2.24) is 15.6 Å². The Hall–Kier alpha value is -1.14. The molecule has 14 heavy (non-hydrogen) atoms. The largest absolute Gasteiger partial charge is 0.333 e. The van der Waals surface area contributed by atoms with E-state index in [2.05, 4.69) is 15.6 Å². The second-order valence-corrected chi connectivity index (χ2v) is 3.57. The maximum absolute atomic E-state index is 11.0. The Balaban J connectivity index is 2.25. The molecule has 1 aromatic rings. The van der Waals surface area contributed by atoms with Crippen LogP contribution in [-0.2, 0) is 11.3 Å². The highest BCUT2D eigenvalue weighted by molar-refractivity contribution is 7.09. The number of thiazole rings is 1. The molecule has 7 heteroatoms. The van der Waals surface area contributed by atoms with Gasteiger partial charge in [0.05, 0.1) is 12.1 Å². The number of nitrogens with zero attached hydrogens (tertiary/aromatic N) is 1. The molecule has 0 aliphatic carbocycles. The second-order valence-electron chi connectivity index (χ2n) is 2.33. The number of imide groups is 1. The fourth-order valence-corrected chi connectivity index (χ4v) is 1.30. The van der Waals surface area contributed by atoms with Gasteiger partial charge in [-0.1, -0.05) is 0 Å². The third-order valence-corrected chi connectivity index (χ3v) is 2.30. The Morgan fingerprint density at radius 2 is 2.36 bits per heavy atom. The number of alkyl halides is 1. The van der Waals surface area contributed by atoms with E-state index in [0.717, 1.165) is 4.88 Å². The Bertz CT molecular complexity index is 315. The highest BCUT2D eigenvalue weighted by Crippen LogP contribution is 2.03. The van der Waals surface area contributed by atoms with Crippen LogP contribution in [0, 0.1) is 0 Å². The van der Waals surface area contributed by atoms with E-state index in [1.54, 1.807) is 11.7 Å². The first-order valence-corrected chi connectivity index (χ1v) is 5.15. The van der Waals surface area contributed by atoms with Crippen molar-refractivity contribution in [1.29, 1.82) is 0 Å². The van der Waals surface area contributed by atoms with E-state index < -0.39 is 11.9 Å². The van der Waals surface area contributed by atoms with Crippen molar-refractivity contribution < 1.29 is 9.59 Å². The van der Waals surface area contributed by atoms with Gasteiger partial charge in [-0.05, 0) is 0 Å². The van der Waals surface area contributed by atoms with Crippen LogP contribution < -0.4 is 10.6 Å². The fourth-order valence-electron chi connectivity index (χ4n) is 0.701. The van der Waals surface area contributed by atoms with Crippen LogP contribution in [-0.4, -0.2) is 22.8 Å². The lowest BCUT2D eigenvalue weighted by molar-refractivity contribution is -0.117. The lowest BCUT2D eigenvalue weighted by atomic mass is 10.5. The van der Waals surface area contributed by atoms with Gasteiger partial charge in [-0.15, -0.1) is 22.9 Å². The third-order valence-electron chi connectivity index (χ3n) is 1.28. The Morgan fingerprint density at radius 3 is 2.93 bits per heavy atom. The number of halogens is 1. The lowest BCUT2D eigenvalue weighted by Crippen LogP contribution is -2.39. The molecule has 1 heterocycles. The zero-order chi connectivity index (χ0) is 10.4. The summed E-state index contributed by atoms with van der Waals surface area (Å²) in [5, 5.41) is 4.55. The van der Waals surface area contributed by atoms with Gasteiger partial charge in [-0.25, -0.2) is 4.79 Å². The highest BCUT2D eigenvalue weighted by atomic mass is 35.5. The summed E-state index contributed by atoms with van der Waals surface area (Å²) in [6.07, 6.45) is 1.65. The van der Waals surface area contributed by atoms with Gasteiger partial charge in [-0.3, -0.25) is 15.1 Å². The summed E-state index contributed by atoms with van der Waals surface area (Å²) in [5.74, 6) is -0.748. The zero-order valence-electron chi connectivity index (χ0n) is 7.12. The molecule has 0 aromatic carbocycles. The molecule has 0 radical (unpaired) electrons. The zero-order valence-corrected chi connectivity index (χ0v) is 8.69. The number of rotatable bonds is 3. The van der Waals surface area contributed by atoms with Crippen LogP contribution in [0.4, 0.5) is 4.79 Å². The molecule has 5 nitrogen and oxygen atoms in total. The number of nitrogens with one attached hydrogen (secondary N) is 2. The summed E-state index contributed by atoms with van der Waals surface area (Å²) in [5.41, 5.74) is 1.67. The number of carbonyl (C=O) groups excluding carboxylic acids is 2. The minimum Gasteiger partial charge on any atom is -0.333 e. The van der Waals surface area contributed by atoms with E-state index >= 15 is 0 Å². The van der Waals surface area contributed by atoms with Gasteiger partial charge < -0.3 is 5.32 Å². The summed E-state index contributed by atoms with van der Waals surface area (Å²) in [6.45, 7) is 0.353. The number of aromatic nitrogens is 1. The molecule has 0 spiro atoms. The van der Waals surface area contributed by atoms with Gasteiger partial charge in [0.2, 0.25) is 5.91 Å². The van der Waals surface area contributed by atoms with Crippen molar-refractivity contribution in [2.24, 2.45) is 0 Å². The molecule has 0 fully saturated rings. The molecular weight excluding hydrogens is 226 g/mol. The van der Waals surface area contributed by atoms with Crippen molar-refractivity contribution in [2.45, 2.75) is 6.54 Å². The van der Waals surface area contributed by atoms with Crippen LogP contribution in [0.2, 0.25) is 0 Å². The molecule has 1 rings (SSSR count). The Morgan fingerprint density at radius 1 is 1.57 bits per heavy atom. The first-order chi connectivity index (χ1) is 6.72. The normalized spacial score (nSPS) is 9.50. The Labute approximate surface area is 89.5 Å². The van der Waals surface area contributed by atoms with Gasteiger partial charge in [0.25, 0.3) is 0 Å². The number of hydrogen-bond acceptors (Lipinski definition) is 4. The van der Waals surface area contributed by atoms with E-state index in [4.69, 9.17) is 11.6 Å². The van der Waals surface area contributed by atoms with Gasteiger partial charge in [0.1, 0.15) is 5.88 Å². The summed E-state index contributed by atoms with van der Waals surface area (Å²) in [7, 11) is 0. The molecule has 0 bridgehead atoms. The minimum absolute atomic E-state index is 0.228. The minimum atomic E-state index is -0.552. The van der Waals surface area contributed by atoms with Crippen molar-refractivity contribution in [3.63, 3.8) is 0 Å². The predicted octanol–water partition coefficient (Wildman–Crippen LogP) is 0.708. The SMILES string of the molecule is O=C(CCl)NC(=O)NCc1cncs1. The van der Waals surface area contributed by atoms with E-state index in [0.29, 0.717) is 6.54 Å². The number of urea groups is 1. The third kappa shape index (κ3) is 3.71. The standard InChI is InChI=1S/C7H8ClN3O2S/c8-1-6(12)11-7(13)10-3-5-2-9-4-14-5/h2,4H,1,3H2,(H2,10,11,12,13). The molecule has 2 N–H and O–H groups in total. The number of carbonyl (C=O) groups is 2. The maximum Gasteiger partial charge on any atom is 0.321 e. The average molecular weight is 234 g/mol. The summed E-state index contributed by atoms with van der Waals surface area (Å²) in [4.78, 5) is 26.4. The molecule has 3 amide bonds. The molecule has 0 unspecified atom stereocenters. The van der Waals surface area contributed by atoms with Crippen LogP contribution in [0.25, 0.3) is 0 Å². The van der Waals surface area contributed by atoms with E-state index in [9.17, 15) is 9.59 Å². The van der Waals surface area contributed by atoms with E-state index in [-0.39, 0.29) is 5.88 Å². The van der Waals surface area contributed by atoms with Crippen molar-refractivity contribution >= 4 is 34.9 Å². The summed E-state index contributed by atoms with van der Waals surface area (Å²) in [6, 6.07) is -0.552. The topological polar surface area (TPSA) is 71.1 Å². The second kappa shape index (κ2) is 5.56. The summed E-state index contributed by atoms with van der Waals surface area (Å²) < 4.78 is 0. The van der Waals surface area contributed by atoms with Crippen LogP contribution in [0.3, 0.4) is 0 Å². The monoisotopic (exact) mass is 233 g/mol. The molecule has 1 aromatic heterocycles. The van der Waals surface area contributed by atoms with Gasteiger partial charge >= 0.3 is 6.03 Å². The highest BCUT2D eigenvalue weighted by Gasteiger charge is 2.05. The first kappa shape index (κ1) is 10.9. The molecule has 0 saturated carbocycles. The van der Waals surface area contributed by atoms with Gasteiger partial charge in [0.15, 0.2) is 0 Å². The predicted molar refractivity (Wildman–Crippen MR) is 53.2 cm³/mol. The van der Waals surface area contributed by atoms with Crippen molar-refractivity contribution in [3.8, 4) is 0 Å². The van der Waals surface area contributed by atoms with Gasteiger partial charge in [-0.2, -0.15) is 0 Å². The molecule has 0 atom stereocenters. The molecular formula is C7H8ClN3O2S. The summed E-state index contributed by atoms with van der Waals surface area (Å²) >= 11 is 6.62. The van der Waals surface area contributed by atoms with Crippen LogP contribution in [0.15, 0.2) is 11.7 Å². The average Bonchev–Trinajstić information content (AvgIpc) is 2.67. The van der Waals surface area contributed by atoms with E-state index in [1.165, 1.54) is 11.3 Å². The van der Waals surface area contributed by atoms with Crippen LogP contribution in [0.5, 0.6) is 0 Å². The molecule has 0 aliphatic heterocycles. The van der Waals surface area contributed by atoms with Crippen molar-refractivity contribution in [2.75, 3.05) is 5.88 Å². The van der Waals surface area contributed by atoms with Crippen molar-refractivity contribution in [3.05, 3.63) is 16.6 Å². The molecule has 0 aliphatic rings. The quantitative estimate of drug-likeness (QED) is 0.756. The fraction of sp³-hybridized carbons (Fsp3) is 0.286. The molecule has 0 saturated heterocycles. The van der Waals surface area contributed by atoms with E-state index in [1.807, 2.05) is 0 Å². The van der Waals surface area contributed by atoms with Crippen LogP contribution >= 0.6 is 22.9 Å². The smallest absolute Gasteiger partial charge is 0.321 e. The number of hydrogen-bond donors (Lipinski definition) is 2. The lowest BCUT2D eigenvalue weighted by Gasteiger charge is -2.02.